The molecular formula is C25H25N3O3. The van der Waals surface area contributed by atoms with Gasteiger partial charge in [0, 0.05) is 49.4 Å². The van der Waals surface area contributed by atoms with Crippen molar-refractivity contribution in [2.75, 3.05) is 26.8 Å². The molecule has 3 heterocycles. The van der Waals surface area contributed by atoms with Crippen LogP contribution in [-0.2, 0) is 13.1 Å². The SMILES string of the molecule is COc1cccc2c1cc1n2CCN(C/C=C/COc2ccc3ccc(=O)[nH]c3c2)C1. The maximum absolute atomic E-state index is 11.5. The fourth-order valence-electron chi connectivity index (χ4n) is 4.25. The van der Waals surface area contributed by atoms with Gasteiger partial charge >= 0.3 is 0 Å². The number of H-pyrrole nitrogens is 1. The number of methoxy groups -OCH3 is 1. The summed E-state index contributed by atoms with van der Waals surface area (Å²) in [6.07, 6.45) is 4.20. The second-order valence-corrected chi connectivity index (χ2v) is 7.77. The summed E-state index contributed by atoms with van der Waals surface area (Å²) in [5.74, 6) is 1.68. The number of pyridine rings is 1. The van der Waals surface area contributed by atoms with Crippen LogP contribution in [0.3, 0.4) is 0 Å². The van der Waals surface area contributed by atoms with E-state index in [1.165, 1.54) is 22.7 Å². The zero-order chi connectivity index (χ0) is 21.2. The van der Waals surface area contributed by atoms with Gasteiger partial charge in [-0.15, -0.1) is 0 Å². The van der Waals surface area contributed by atoms with Gasteiger partial charge in [-0.1, -0.05) is 18.2 Å². The van der Waals surface area contributed by atoms with E-state index in [0.29, 0.717) is 6.61 Å². The first-order valence-electron chi connectivity index (χ1n) is 10.5. The second kappa shape index (κ2) is 8.32. The summed E-state index contributed by atoms with van der Waals surface area (Å²) in [6, 6.07) is 17.6. The highest BCUT2D eigenvalue weighted by Crippen LogP contribution is 2.30. The first-order valence-corrected chi connectivity index (χ1v) is 10.5. The van der Waals surface area contributed by atoms with Crippen LogP contribution in [0, 0.1) is 0 Å². The molecule has 0 unspecified atom stereocenters. The third-order valence-corrected chi connectivity index (χ3v) is 5.81. The normalized spacial score (nSPS) is 14.4. The van der Waals surface area contributed by atoms with Crippen molar-refractivity contribution in [3.63, 3.8) is 0 Å². The van der Waals surface area contributed by atoms with Crippen molar-refractivity contribution in [1.82, 2.24) is 14.5 Å². The van der Waals surface area contributed by atoms with Gasteiger partial charge in [0.2, 0.25) is 5.56 Å². The fraction of sp³-hybridized carbons (Fsp3) is 0.240. The highest BCUT2D eigenvalue weighted by molar-refractivity contribution is 5.87. The molecule has 0 aliphatic carbocycles. The minimum atomic E-state index is -0.108. The van der Waals surface area contributed by atoms with E-state index in [1.807, 2.05) is 36.4 Å². The summed E-state index contributed by atoms with van der Waals surface area (Å²) < 4.78 is 13.7. The van der Waals surface area contributed by atoms with Crippen LogP contribution in [0.15, 0.2) is 71.5 Å². The van der Waals surface area contributed by atoms with E-state index in [4.69, 9.17) is 9.47 Å². The van der Waals surface area contributed by atoms with Gasteiger partial charge in [-0.2, -0.15) is 0 Å². The lowest BCUT2D eigenvalue weighted by atomic mass is 10.2. The summed E-state index contributed by atoms with van der Waals surface area (Å²) >= 11 is 0. The molecule has 0 saturated heterocycles. The molecular weight excluding hydrogens is 390 g/mol. The van der Waals surface area contributed by atoms with Crippen molar-refractivity contribution in [2.45, 2.75) is 13.1 Å². The zero-order valence-corrected chi connectivity index (χ0v) is 17.5. The summed E-state index contributed by atoms with van der Waals surface area (Å²) in [5, 5.41) is 2.17. The molecule has 6 nitrogen and oxygen atoms in total. The second-order valence-electron chi connectivity index (χ2n) is 7.77. The molecule has 0 radical (unpaired) electrons. The van der Waals surface area contributed by atoms with E-state index in [-0.39, 0.29) is 5.56 Å². The molecule has 0 saturated carbocycles. The van der Waals surface area contributed by atoms with E-state index in [2.05, 4.69) is 38.7 Å². The Balaban J connectivity index is 1.18. The van der Waals surface area contributed by atoms with Gasteiger partial charge in [0.05, 0.1) is 18.1 Å². The number of aromatic amines is 1. The molecule has 0 fully saturated rings. The molecule has 158 valence electrons. The zero-order valence-electron chi connectivity index (χ0n) is 17.5. The third kappa shape index (κ3) is 3.94. The maximum atomic E-state index is 11.5. The molecule has 4 aromatic rings. The lowest BCUT2D eigenvalue weighted by Gasteiger charge is -2.27. The predicted molar refractivity (Wildman–Crippen MR) is 123 cm³/mol. The standard InChI is InChI=1S/C25H25N3O3/c1-30-24-6-4-5-23-21(24)15-19-17-27(12-13-28(19)23)11-2-3-14-31-20-9-7-18-8-10-25(29)26-22(18)16-20/h2-10,15-16H,11-14,17H2,1H3,(H,26,29)/b3-2+. The molecule has 0 atom stereocenters. The molecule has 5 rings (SSSR count). The Labute approximate surface area is 180 Å². The van der Waals surface area contributed by atoms with Crippen LogP contribution in [0.2, 0.25) is 0 Å². The smallest absolute Gasteiger partial charge is 0.248 e. The quantitative estimate of drug-likeness (QED) is 0.485. The van der Waals surface area contributed by atoms with Crippen LogP contribution in [0.5, 0.6) is 11.5 Å². The molecule has 1 N–H and O–H groups in total. The lowest BCUT2D eigenvalue weighted by molar-refractivity contribution is 0.246. The predicted octanol–water partition coefficient (Wildman–Crippen LogP) is 3.94. The monoisotopic (exact) mass is 415 g/mol. The first kappa shape index (κ1) is 19.5. The summed E-state index contributed by atoms with van der Waals surface area (Å²) in [6.45, 7) is 4.28. The van der Waals surface area contributed by atoms with Gasteiger partial charge in [0.25, 0.3) is 0 Å². The number of benzene rings is 2. The summed E-state index contributed by atoms with van der Waals surface area (Å²) in [5.41, 5.74) is 3.24. The van der Waals surface area contributed by atoms with Crippen LogP contribution < -0.4 is 15.0 Å². The largest absolute Gasteiger partial charge is 0.496 e. The summed E-state index contributed by atoms with van der Waals surface area (Å²) in [4.78, 5) is 16.7. The number of fused-ring (bicyclic) bond motifs is 4. The Morgan fingerprint density at radius 1 is 1.06 bits per heavy atom. The average molecular weight is 415 g/mol. The van der Waals surface area contributed by atoms with Gasteiger partial charge in [0.15, 0.2) is 0 Å². The molecule has 2 aromatic heterocycles. The van der Waals surface area contributed by atoms with Crippen molar-refractivity contribution >= 4 is 21.8 Å². The topological polar surface area (TPSA) is 59.5 Å². The van der Waals surface area contributed by atoms with Crippen molar-refractivity contribution < 1.29 is 9.47 Å². The molecule has 0 bridgehead atoms. The van der Waals surface area contributed by atoms with Crippen LogP contribution in [0.4, 0.5) is 0 Å². The average Bonchev–Trinajstić information content (AvgIpc) is 3.16. The molecule has 1 aliphatic heterocycles. The van der Waals surface area contributed by atoms with Gasteiger partial charge in [-0.3, -0.25) is 9.69 Å². The van der Waals surface area contributed by atoms with Gasteiger partial charge < -0.3 is 19.0 Å². The van der Waals surface area contributed by atoms with Gasteiger partial charge in [-0.05, 0) is 41.8 Å². The molecule has 2 aromatic carbocycles. The molecule has 0 spiro atoms. The van der Waals surface area contributed by atoms with Crippen LogP contribution in [0.1, 0.15) is 5.69 Å². The maximum Gasteiger partial charge on any atom is 0.248 e. The minimum absolute atomic E-state index is 0.108. The van der Waals surface area contributed by atoms with Gasteiger partial charge in [0.1, 0.15) is 18.1 Å². The number of nitrogens with zero attached hydrogens (tertiary/aromatic N) is 2. The Hall–Kier alpha value is -3.51. The Bertz CT molecular complexity index is 1320. The Morgan fingerprint density at radius 3 is 2.87 bits per heavy atom. The Morgan fingerprint density at radius 2 is 1.97 bits per heavy atom. The van der Waals surface area contributed by atoms with E-state index in [1.54, 1.807) is 7.11 Å². The number of nitrogens with one attached hydrogen (secondary N) is 1. The molecule has 1 aliphatic rings. The van der Waals surface area contributed by atoms with E-state index in [9.17, 15) is 4.79 Å². The highest BCUT2D eigenvalue weighted by Gasteiger charge is 2.19. The molecule has 31 heavy (non-hydrogen) atoms. The van der Waals surface area contributed by atoms with Crippen molar-refractivity contribution in [1.29, 1.82) is 0 Å². The highest BCUT2D eigenvalue weighted by atomic mass is 16.5. The number of hydrogen-bond acceptors (Lipinski definition) is 4. The van der Waals surface area contributed by atoms with E-state index in [0.717, 1.165) is 48.6 Å². The lowest BCUT2D eigenvalue weighted by Crippen LogP contribution is -2.33. The molecule has 0 amide bonds. The van der Waals surface area contributed by atoms with Crippen molar-refractivity contribution in [3.05, 3.63) is 82.8 Å². The van der Waals surface area contributed by atoms with E-state index >= 15 is 0 Å². The minimum Gasteiger partial charge on any atom is -0.496 e. The first-order chi connectivity index (χ1) is 15.2. The number of hydrogen-bond donors (Lipinski definition) is 1. The fourth-order valence-corrected chi connectivity index (χ4v) is 4.25. The third-order valence-electron chi connectivity index (χ3n) is 5.81. The number of rotatable bonds is 6. The molecule has 6 heteroatoms. The number of ether oxygens (including phenoxy) is 2. The summed E-state index contributed by atoms with van der Waals surface area (Å²) in [7, 11) is 1.72. The number of aromatic nitrogens is 2. The Kier molecular flexibility index (Phi) is 5.22. The van der Waals surface area contributed by atoms with Crippen LogP contribution >= 0.6 is 0 Å². The van der Waals surface area contributed by atoms with Gasteiger partial charge in [-0.25, -0.2) is 0 Å². The van der Waals surface area contributed by atoms with Crippen molar-refractivity contribution in [3.8, 4) is 11.5 Å². The van der Waals surface area contributed by atoms with E-state index < -0.39 is 0 Å². The van der Waals surface area contributed by atoms with Crippen molar-refractivity contribution in [2.24, 2.45) is 0 Å². The van der Waals surface area contributed by atoms with Crippen LogP contribution in [0.25, 0.3) is 21.8 Å². The van der Waals surface area contributed by atoms with Crippen LogP contribution in [-0.4, -0.2) is 41.3 Å².